The molecule has 1 heterocycles. The molecule has 0 saturated heterocycles. The van der Waals surface area contributed by atoms with Crippen molar-refractivity contribution in [2.75, 3.05) is 11.9 Å². The van der Waals surface area contributed by atoms with E-state index in [1.165, 1.54) is 0 Å². The minimum atomic E-state index is -0.565. The molecule has 0 fully saturated rings. The zero-order chi connectivity index (χ0) is 18.0. The van der Waals surface area contributed by atoms with E-state index in [0.29, 0.717) is 6.61 Å². The highest BCUT2D eigenvalue weighted by atomic mass is 16.5. The van der Waals surface area contributed by atoms with Gasteiger partial charge in [-0.05, 0) is 57.0 Å². The summed E-state index contributed by atoms with van der Waals surface area (Å²) < 4.78 is 5.57. The van der Waals surface area contributed by atoms with Gasteiger partial charge in [-0.3, -0.25) is 4.79 Å². The van der Waals surface area contributed by atoms with Crippen molar-refractivity contribution in [1.82, 2.24) is 4.90 Å². The van der Waals surface area contributed by atoms with Gasteiger partial charge in [-0.15, -0.1) is 0 Å². The molecule has 1 N–H and O–H groups in total. The average Bonchev–Trinajstić information content (AvgIpc) is 2.62. The molecular weight excluding hydrogens is 312 g/mol. The third kappa shape index (κ3) is 2.86. The summed E-state index contributed by atoms with van der Waals surface area (Å²) in [7, 11) is 0. The molecule has 0 spiro atoms. The fourth-order valence-corrected chi connectivity index (χ4v) is 3.71. The third-order valence-corrected chi connectivity index (χ3v) is 4.80. The zero-order valence-electron chi connectivity index (χ0n) is 15.4. The van der Waals surface area contributed by atoms with Gasteiger partial charge in [-0.1, -0.05) is 31.2 Å². The Kier molecular flexibility index (Phi) is 4.71. The molecule has 0 bridgehead atoms. The Hall–Kier alpha value is -2.49. The lowest BCUT2D eigenvalue weighted by atomic mass is 9.88. The van der Waals surface area contributed by atoms with Gasteiger partial charge in [0.05, 0.1) is 12.2 Å². The van der Waals surface area contributed by atoms with Crippen LogP contribution in [0.5, 0.6) is 5.75 Å². The van der Waals surface area contributed by atoms with Crippen molar-refractivity contribution in [3.8, 4) is 5.75 Å². The summed E-state index contributed by atoms with van der Waals surface area (Å²) in [4.78, 5) is 15.2. The van der Waals surface area contributed by atoms with E-state index in [4.69, 9.17) is 4.74 Å². The molecule has 0 aromatic heterocycles. The fourth-order valence-electron chi connectivity index (χ4n) is 3.71. The van der Waals surface area contributed by atoms with E-state index in [1.807, 2.05) is 48.2 Å². The van der Waals surface area contributed by atoms with Gasteiger partial charge < -0.3 is 15.0 Å². The number of hydrogen-bond donors (Lipinski definition) is 1. The highest BCUT2D eigenvalue weighted by Gasteiger charge is 2.45. The molecule has 0 saturated carbocycles. The van der Waals surface area contributed by atoms with Crippen LogP contribution in [-0.4, -0.2) is 23.5 Å². The Morgan fingerprint density at radius 3 is 2.36 bits per heavy atom. The molecule has 2 aromatic rings. The van der Waals surface area contributed by atoms with Crippen molar-refractivity contribution in [3.63, 3.8) is 0 Å². The zero-order valence-corrected chi connectivity index (χ0v) is 15.4. The van der Waals surface area contributed by atoms with E-state index >= 15 is 0 Å². The van der Waals surface area contributed by atoms with E-state index in [2.05, 4.69) is 38.2 Å². The van der Waals surface area contributed by atoms with E-state index in [-0.39, 0.29) is 11.9 Å². The Morgan fingerprint density at radius 2 is 1.76 bits per heavy atom. The molecule has 25 heavy (non-hydrogen) atoms. The molecule has 132 valence electrons. The van der Waals surface area contributed by atoms with Crippen LogP contribution in [0.3, 0.4) is 0 Å². The minimum Gasteiger partial charge on any atom is -0.494 e. The number of benzene rings is 2. The number of anilines is 1. The molecule has 2 aromatic carbocycles. The molecule has 1 aliphatic rings. The van der Waals surface area contributed by atoms with Gasteiger partial charge in [0.15, 0.2) is 0 Å². The standard InChI is InChI=1S/C21H26N2O2/c1-5-21(16-11-13-17(14-12-16)25-6-2)22-19-10-8-7-9-18(19)20(24)23(21)15(3)4/h7-15,22H,5-6H2,1-4H3. The van der Waals surface area contributed by atoms with Crippen LogP contribution in [0, 0.1) is 0 Å². The highest BCUT2D eigenvalue weighted by Crippen LogP contribution is 2.41. The lowest BCUT2D eigenvalue weighted by molar-refractivity contribution is 0.0371. The van der Waals surface area contributed by atoms with Crippen molar-refractivity contribution < 1.29 is 9.53 Å². The topological polar surface area (TPSA) is 41.6 Å². The van der Waals surface area contributed by atoms with Crippen molar-refractivity contribution in [3.05, 3.63) is 59.7 Å². The second kappa shape index (κ2) is 6.79. The normalized spacial score (nSPS) is 19.6. The van der Waals surface area contributed by atoms with Crippen molar-refractivity contribution >= 4 is 11.6 Å². The molecule has 1 amide bonds. The van der Waals surface area contributed by atoms with Crippen LogP contribution in [0.1, 0.15) is 50.0 Å². The number of rotatable bonds is 5. The van der Waals surface area contributed by atoms with Gasteiger partial charge in [0, 0.05) is 11.7 Å². The predicted octanol–water partition coefficient (Wildman–Crippen LogP) is 4.62. The van der Waals surface area contributed by atoms with Crippen LogP contribution in [0.4, 0.5) is 5.69 Å². The van der Waals surface area contributed by atoms with E-state index in [0.717, 1.165) is 29.0 Å². The first-order valence-electron chi connectivity index (χ1n) is 8.97. The molecule has 3 rings (SSSR count). The molecular formula is C21H26N2O2. The molecule has 0 radical (unpaired) electrons. The Balaban J connectivity index is 2.12. The Morgan fingerprint density at radius 1 is 1.08 bits per heavy atom. The van der Waals surface area contributed by atoms with Crippen LogP contribution < -0.4 is 10.1 Å². The Labute approximate surface area is 149 Å². The SMILES string of the molecule is CCOc1ccc(C2(CC)Nc3ccccc3C(=O)N2C(C)C)cc1. The van der Waals surface area contributed by atoms with Gasteiger partial charge in [-0.25, -0.2) is 0 Å². The number of para-hydroxylation sites is 1. The summed E-state index contributed by atoms with van der Waals surface area (Å²) >= 11 is 0. The first-order chi connectivity index (χ1) is 12.0. The maximum Gasteiger partial charge on any atom is 0.258 e. The first-order valence-corrected chi connectivity index (χ1v) is 8.97. The molecule has 1 unspecified atom stereocenters. The minimum absolute atomic E-state index is 0.0693. The maximum absolute atomic E-state index is 13.2. The molecule has 1 atom stereocenters. The van der Waals surface area contributed by atoms with Crippen molar-refractivity contribution in [1.29, 1.82) is 0 Å². The number of ether oxygens (including phenoxy) is 1. The van der Waals surface area contributed by atoms with Crippen LogP contribution in [0.2, 0.25) is 0 Å². The van der Waals surface area contributed by atoms with Gasteiger partial charge in [0.1, 0.15) is 11.4 Å². The number of fused-ring (bicyclic) bond motifs is 1. The van der Waals surface area contributed by atoms with Crippen molar-refractivity contribution in [2.24, 2.45) is 0 Å². The van der Waals surface area contributed by atoms with E-state index in [1.54, 1.807) is 0 Å². The lowest BCUT2D eigenvalue weighted by Gasteiger charge is -2.50. The molecule has 0 aliphatic carbocycles. The van der Waals surface area contributed by atoms with Gasteiger partial charge in [-0.2, -0.15) is 0 Å². The van der Waals surface area contributed by atoms with E-state index in [9.17, 15) is 4.79 Å². The van der Waals surface area contributed by atoms with Crippen LogP contribution >= 0.6 is 0 Å². The smallest absolute Gasteiger partial charge is 0.258 e. The number of nitrogens with zero attached hydrogens (tertiary/aromatic N) is 1. The highest BCUT2D eigenvalue weighted by molar-refractivity contribution is 6.02. The quantitative estimate of drug-likeness (QED) is 0.864. The molecule has 4 nitrogen and oxygen atoms in total. The van der Waals surface area contributed by atoms with Crippen LogP contribution in [0.15, 0.2) is 48.5 Å². The van der Waals surface area contributed by atoms with Gasteiger partial charge in [0.2, 0.25) is 0 Å². The number of amides is 1. The summed E-state index contributed by atoms with van der Waals surface area (Å²) in [5, 5.41) is 3.65. The summed E-state index contributed by atoms with van der Waals surface area (Å²) in [5.41, 5.74) is 2.12. The van der Waals surface area contributed by atoms with Gasteiger partial charge in [0.25, 0.3) is 5.91 Å². The maximum atomic E-state index is 13.2. The summed E-state index contributed by atoms with van der Waals surface area (Å²) in [6.07, 6.45) is 0.763. The fraction of sp³-hybridized carbons (Fsp3) is 0.381. The number of nitrogens with one attached hydrogen (secondary N) is 1. The number of carbonyl (C=O) groups excluding carboxylic acids is 1. The third-order valence-electron chi connectivity index (χ3n) is 4.80. The monoisotopic (exact) mass is 338 g/mol. The second-order valence-corrected chi connectivity index (χ2v) is 6.61. The Bertz CT molecular complexity index is 755. The largest absolute Gasteiger partial charge is 0.494 e. The van der Waals surface area contributed by atoms with Crippen LogP contribution in [-0.2, 0) is 5.66 Å². The van der Waals surface area contributed by atoms with Gasteiger partial charge >= 0.3 is 0 Å². The number of hydrogen-bond acceptors (Lipinski definition) is 3. The summed E-state index contributed by atoms with van der Waals surface area (Å²) in [6.45, 7) is 8.85. The predicted molar refractivity (Wildman–Crippen MR) is 101 cm³/mol. The van der Waals surface area contributed by atoms with Crippen LogP contribution in [0.25, 0.3) is 0 Å². The lowest BCUT2D eigenvalue weighted by Crippen LogP contribution is -2.59. The molecule has 1 aliphatic heterocycles. The summed E-state index contributed by atoms with van der Waals surface area (Å²) in [6, 6.07) is 15.9. The average molecular weight is 338 g/mol. The number of carbonyl (C=O) groups is 1. The second-order valence-electron chi connectivity index (χ2n) is 6.61. The first kappa shape index (κ1) is 17.3. The van der Waals surface area contributed by atoms with Crippen molar-refractivity contribution in [2.45, 2.75) is 45.8 Å². The summed E-state index contributed by atoms with van der Waals surface area (Å²) in [5.74, 6) is 0.913. The molecule has 4 heteroatoms. The van der Waals surface area contributed by atoms with E-state index < -0.39 is 5.66 Å².